The van der Waals surface area contributed by atoms with Gasteiger partial charge in [-0.25, -0.2) is 9.97 Å². The molecule has 138 valence electrons. The number of nitrogens with zero attached hydrogens (tertiary/aromatic N) is 3. The van der Waals surface area contributed by atoms with Gasteiger partial charge in [-0.05, 0) is 50.2 Å². The summed E-state index contributed by atoms with van der Waals surface area (Å²) in [4.78, 5) is 24.7. The van der Waals surface area contributed by atoms with Gasteiger partial charge in [0.15, 0.2) is 0 Å². The number of hydrogen-bond acceptors (Lipinski definition) is 6. The van der Waals surface area contributed by atoms with Crippen LogP contribution in [0.25, 0.3) is 0 Å². The Bertz CT molecular complexity index is 865. The standard InChI is InChI=1S/C20H21N5O2/c1-14(2)27-18-8-6-16(7-9-18)25-20-23-11-15(12-24-20)19(26)22-13-17-5-3-4-10-21-17/h3-12,14H,13H2,1-2H3,(H,22,26)(H,23,24,25). The summed E-state index contributed by atoms with van der Waals surface area (Å²) < 4.78 is 5.61. The molecule has 0 fully saturated rings. The van der Waals surface area contributed by atoms with Crippen LogP contribution in [-0.4, -0.2) is 27.0 Å². The van der Waals surface area contributed by atoms with Crippen molar-refractivity contribution in [2.75, 3.05) is 5.32 Å². The number of hydrogen-bond donors (Lipinski definition) is 2. The first-order valence-corrected chi connectivity index (χ1v) is 8.64. The van der Waals surface area contributed by atoms with Gasteiger partial charge in [-0.3, -0.25) is 9.78 Å². The number of anilines is 2. The molecule has 3 aromatic rings. The SMILES string of the molecule is CC(C)Oc1ccc(Nc2ncc(C(=O)NCc3ccccn3)cn2)cc1. The Morgan fingerprint density at radius 2 is 1.78 bits per heavy atom. The third kappa shape index (κ3) is 5.50. The lowest BCUT2D eigenvalue weighted by Crippen LogP contribution is -2.23. The molecule has 0 unspecified atom stereocenters. The summed E-state index contributed by atoms with van der Waals surface area (Å²) in [5, 5.41) is 5.88. The van der Waals surface area contributed by atoms with E-state index in [0.717, 1.165) is 17.1 Å². The van der Waals surface area contributed by atoms with Gasteiger partial charge in [0.25, 0.3) is 5.91 Å². The maximum atomic E-state index is 12.2. The van der Waals surface area contributed by atoms with Crippen LogP contribution in [0.2, 0.25) is 0 Å². The maximum absolute atomic E-state index is 12.2. The quantitative estimate of drug-likeness (QED) is 0.669. The van der Waals surface area contributed by atoms with Crippen LogP contribution in [0.1, 0.15) is 29.9 Å². The zero-order chi connectivity index (χ0) is 19.1. The topological polar surface area (TPSA) is 89.0 Å². The highest BCUT2D eigenvalue weighted by molar-refractivity contribution is 5.93. The molecule has 0 radical (unpaired) electrons. The Hall–Kier alpha value is -3.48. The van der Waals surface area contributed by atoms with Crippen LogP contribution in [-0.2, 0) is 6.54 Å². The van der Waals surface area contributed by atoms with E-state index in [-0.39, 0.29) is 12.0 Å². The van der Waals surface area contributed by atoms with Crippen LogP contribution in [0.5, 0.6) is 5.75 Å². The molecule has 0 saturated carbocycles. The number of benzene rings is 1. The smallest absolute Gasteiger partial charge is 0.254 e. The van der Waals surface area contributed by atoms with Gasteiger partial charge in [-0.2, -0.15) is 0 Å². The largest absolute Gasteiger partial charge is 0.491 e. The molecule has 0 spiro atoms. The molecule has 1 aromatic carbocycles. The van der Waals surface area contributed by atoms with Crippen LogP contribution in [0, 0.1) is 0 Å². The third-order valence-electron chi connectivity index (χ3n) is 3.55. The molecule has 0 aliphatic carbocycles. The molecule has 7 heteroatoms. The van der Waals surface area contributed by atoms with E-state index in [1.165, 1.54) is 12.4 Å². The van der Waals surface area contributed by atoms with E-state index in [1.807, 2.05) is 56.3 Å². The van der Waals surface area contributed by atoms with Gasteiger partial charge in [0.1, 0.15) is 5.75 Å². The van der Waals surface area contributed by atoms with E-state index >= 15 is 0 Å². The van der Waals surface area contributed by atoms with Crippen molar-refractivity contribution < 1.29 is 9.53 Å². The Morgan fingerprint density at radius 3 is 2.41 bits per heavy atom. The van der Waals surface area contributed by atoms with Gasteiger partial charge in [0, 0.05) is 24.3 Å². The van der Waals surface area contributed by atoms with Crippen molar-refractivity contribution >= 4 is 17.5 Å². The van der Waals surface area contributed by atoms with E-state index in [0.29, 0.717) is 18.1 Å². The molecule has 2 aromatic heterocycles. The highest BCUT2D eigenvalue weighted by atomic mass is 16.5. The van der Waals surface area contributed by atoms with Crippen LogP contribution in [0.4, 0.5) is 11.6 Å². The first-order chi connectivity index (χ1) is 13.1. The van der Waals surface area contributed by atoms with Gasteiger partial charge < -0.3 is 15.4 Å². The molecule has 0 atom stereocenters. The van der Waals surface area contributed by atoms with Crippen molar-refractivity contribution in [2.24, 2.45) is 0 Å². The third-order valence-corrected chi connectivity index (χ3v) is 3.55. The average molecular weight is 363 g/mol. The van der Waals surface area contributed by atoms with Crippen LogP contribution in [0.3, 0.4) is 0 Å². The molecule has 2 heterocycles. The lowest BCUT2D eigenvalue weighted by molar-refractivity contribution is 0.0949. The van der Waals surface area contributed by atoms with Gasteiger partial charge in [-0.1, -0.05) is 6.07 Å². The lowest BCUT2D eigenvalue weighted by Gasteiger charge is -2.10. The zero-order valence-electron chi connectivity index (χ0n) is 15.2. The highest BCUT2D eigenvalue weighted by Gasteiger charge is 2.08. The molecular weight excluding hydrogens is 342 g/mol. The lowest BCUT2D eigenvalue weighted by atomic mass is 10.3. The van der Waals surface area contributed by atoms with Crippen molar-refractivity contribution in [1.82, 2.24) is 20.3 Å². The van der Waals surface area contributed by atoms with Gasteiger partial charge in [-0.15, -0.1) is 0 Å². The Balaban J connectivity index is 1.55. The van der Waals surface area contributed by atoms with Crippen molar-refractivity contribution in [3.05, 3.63) is 72.3 Å². The number of pyridine rings is 1. The molecule has 0 aliphatic heterocycles. The second kappa shape index (κ2) is 8.75. The van der Waals surface area contributed by atoms with Gasteiger partial charge in [0.05, 0.1) is 23.9 Å². The molecule has 27 heavy (non-hydrogen) atoms. The number of rotatable bonds is 7. The fourth-order valence-electron chi connectivity index (χ4n) is 2.30. The molecule has 7 nitrogen and oxygen atoms in total. The molecule has 0 bridgehead atoms. The van der Waals surface area contributed by atoms with E-state index in [2.05, 4.69) is 25.6 Å². The first-order valence-electron chi connectivity index (χ1n) is 8.64. The summed E-state index contributed by atoms with van der Waals surface area (Å²) in [5.74, 6) is 0.965. The van der Waals surface area contributed by atoms with Crippen LogP contribution >= 0.6 is 0 Å². The molecule has 3 rings (SSSR count). The van der Waals surface area contributed by atoms with E-state index in [9.17, 15) is 4.79 Å². The number of nitrogens with one attached hydrogen (secondary N) is 2. The zero-order valence-corrected chi connectivity index (χ0v) is 15.2. The summed E-state index contributed by atoms with van der Waals surface area (Å²) in [7, 11) is 0. The van der Waals surface area contributed by atoms with Crippen molar-refractivity contribution in [2.45, 2.75) is 26.5 Å². The summed E-state index contributed by atoms with van der Waals surface area (Å²) in [6.07, 6.45) is 4.79. The summed E-state index contributed by atoms with van der Waals surface area (Å²) >= 11 is 0. The minimum Gasteiger partial charge on any atom is -0.491 e. The Kier molecular flexibility index (Phi) is 5.94. The number of ether oxygens (including phenoxy) is 1. The fourth-order valence-corrected chi connectivity index (χ4v) is 2.30. The second-order valence-electron chi connectivity index (χ2n) is 6.12. The predicted molar refractivity (Wildman–Crippen MR) is 103 cm³/mol. The number of carbonyl (C=O) groups is 1. The van der Waals surface area contributed by atoms with Crippen LogP contribution < -0.4 is 15.4 Å². The molecule has 2 N–H and O–H groups in total. The molecule has 0 aliphatic rings. The predicted octanol–water partition coefficient (Wildman–Crippen LogP) is 3.33. The minimum atomic E-state index is -0.248. The number of amides is 1. The molecule has 1 amide bonds. The van der Waals surface area contributed by atoms with Crippen LogP contribution in [0.15, 0.2) is 61.1 Å². The number of carbonyl (C=O) groups excluding carboxylic acids is 1. The summed E-state index contributed by atoms with van der Waals surface area (Å²) in [6.45, 7) is 4.31. The molecular formula is C20H21N5O2. The van der Waals surface area contributed by atoms with Crippen molar-refractivity contribution in [3.8, 4) is 5.75 Å². The van der Waals surface area contributed by atoms with E-state index in [1.54, 1.807) is 6.20 Å². The monoisotopic (exact) mass is 363 g/mol. The minimum absolute atomic E-state index is 0.128. The second-order valence-corrected chi connectivity index (χ2v) is 6.12. The van der Waals surface area contributed by atoms with Crippen molar-refractivity contribution in [3.63, 3.8) is 0 Å². The van der Waals surface area contributed by atoms with E-state index < -0.39 is 0 Å². The normalized spacial score (nSPS) is 10.5. The summed E-state index contributed by atoms with van der Waals surface area (Å²) in [6, 6.07) is 13.1. The van der Waals surface area contributed by atoms with E-state index in [4.69, 9.17) is 4.74 Å². The van der Waals surface area contributed by atoms with Gasteiger partial charge in [0.2, 0.25) is 5.95 Å². The highest BCUT2D eigenvalue weighted by Crippen LogP contribution is 2.19. The summed E-state index contributed by atoms with van der Waals surface area (Å²) in [5.41, 5.74) is 2.01. The Labute approximate surface area is 157 Å². The maximum Gasteiger partial charge on any atom is 0.254 e. The van der Waals surface area contributed by atoms with Gasteiger partial charge >= 0.3 is 0 Å². The number of aromatic nitrogens is 3. The fraction of sp³-hybridized carbons (Fsp3) is 0.200. The first kappa shape index (κ1) is 18.3. The van der Waals surface area contributed by atoms with Crippen molar-refractivity contribution in [1.29, 1.82) is 0 Å². The molecule has 0 saturated heterocycles. The average Bonchev–Trinajstić information content (AvgIpc) is 2.69. The Morgan fingerprint density at radius 1 is 1.04 bits per heavy atom.